The lowest BCUT2D eigenvalue weighted by Crippen LogP contribution is -2.10. The molecule has 3 nitrogen and oxygen atoms in total. The Morgan fingerprint density at radius 3 is 2.53 bits per heavy atom. The molecule has 0 fully saturated rings. The number of carbonyl (C=O) groups is 1. The summed E-state index contributed by atoms with van der Waals surface area (Å²) in [4.78, 5) is 11.9. The van der Waals surface area contributed by atoms with E-state index in [-0.39, 0.29) is 5.78 Å². The number of ketones is 1. The fourth-order valence-corrected chi connectivity index (χ4v) is 1.69. The van der Waals surface area contributed by atoms with Gasteiger partial charge in [-0.1, -0.05) is 38.1 Å². The quantitative estimate of drug-likeness (QED) is 0.754. The zero-order chi connectivity index (χ0) is 12.3. The minimum Gasteiger partial charge on any atom is -0.292 e. The molecule has 0 aliphatic heterocycles. The number of hydrogen-bond acceptors (Lipinski definition) is 2. The monoisotopic (exact) mass is 228 g/mol. The SMILES string of the molecule is CC(C)c1ccc(C(=O)Cn2cccn2)cc1. The van der Waals surface area contributed by atoms with E-state index in [0.29, 0.717) is 12.5 Å². The second-order valence-electron chi connectivity index (χ2n) is 4.40. The van der Waals surface area contributed by atoms with Gasteiger partial charge in [-0.3, -0.25) is 9.48 Å². The third kappa shape index (κ3) is 2.81. The molecule has 0 aliphatic carbocycles. The molecule has 0 unspecified atom stereocenters. The van der Waals surface area contributed by atoms with Gasteiger partial charge in [0.15, 0.2) is 5.78 Å². The van der Waals surface area contributed by atoms with Gasteiger partial charge in [-0.2, -0.15) is 5.10 Å². The van der Waals surface area contributed by atoms with Crippen LogP contribution in [0.2, 0.25) is 0 Å². The van der Waals surface area contributed by atoms with Crippen LogP contribution in [-0.2, 0) is 6.54 Å². The van der Waals surface area contributed by atoms with Crippen LogP contribution in [0.3, 0.4) is 0 Å². The molecule has 0 atom stereocenters. The summed E-state index contributed by atoms with van der Waals surface area (Å²) in [6.07, 6.45) is 3.47. The summed E-state index contributed by atoms with van der Waals surface area (Å²) in [7, 11) is 0. The highest BCUT2D eigenvalue weighted by atomic mass is 16.1. The first kappa shape index (κ1) is 11.6. The van der Waals surface area contributed by atoms with Gasteiger partial charge in [0.25, 0.3) is 0 Å². The van der Waals surface area contributed by atoms with E-state index < -0.39 is 0 Å². The molecular weight excluding hydrogens is 212 g/mol. The molecule has 0 bridgehead atoms. The second kappa shape index (κ2) is 4.95. The Kier molecular flexibility index (Phi) is 3.38. The molecule has 1 aromatic carbocycles. The molecule has 1 aromatic heterocycles. The zero-order valence-corrected chi connectivity index (χ0v) is 10.1. The molecule has 17 heavy (non-hydrogen) atoms. The minimum absolute atomic E-state index is 0.0870. The Morgan fingerprint density at radius 2 is 2.00 bits per heavy atom. The van der Waals surface area contributed by atoms with Gasteiger partial charge in [-0.25, -0.2) is 0 Å². The lowest BCUT2D eigenvalue weighted by molar-refractivity contribution is 0.0967. The Hall–Kier alpha value is -1.90. The number of carbonyl (C=O) groups excluding carboxylic acids is 1. The number of rotatable bonds is 4. The summed E-state index contributed by atoms with van der Waals surface area (Å²) in [5.41, 5.74) is 1.99. The maximum atomic E-state index is 11.9. The van der Waals surface area contributed by atoms with E-state index >= 15 is 0 Å². The van der Waals surface area contributed by atoms with Crippen molar-refractivity contribution >= 4 is 5.78 Å². The van der Waals surface area contributed by atoms with Gasteiger partial charge in [0, 0.05) is 18.0 Å². The van der Waals surface area contributed by atoms with E-state index in [2.05, 4.69) is 18.9 Å². The fraction of sp³-hybridized carbons (Fsp3) is 0.286. The maximum absolute atomic E-state index is 11.9. The summed E-state index contributed by atoms with van der Waals surface area (Å²) >= 11 is 0. The van der Waals surface area contributed by atoms with E-state index in [1.165, 1.54) is 5.56 Å². The van der Waals surface area contributed by atoms with Crippen LogP contribution in [-0.4, -0.2) is 15.6 Å². The highest BCUT2D eigenvalue weighted by Crippen LogP contribution is 2.15. The summed E-state index contributed by atoms with van der Waals surface area (Å²) in [6, 6.07) is 9.62. The second-order valence-corrected chi connectivity index (χ2v) is 4.40. The summed E-state index contributed by atoms with van der Waals surface area (Å²) in [5.74, 6) is 0.578. The fourth-order valence-electron chi connectivity index (χ4n) is 1.69. The molecule has 2 aromatic rings. The molecule has 0 amide bonds. The Balaban J connectivity index is 2.09. The van der Waals surface area contributed by atoms with Gasteiger partial charge in [-0.15, -0.1) is 0 Å². The topological polar surface area (TPSA) is 34.9 Å². The van der Waals surface area contributed by atoms with Gasteiger partial charge in [0.1, 0.15) is 6.54 Å². The molecule has 2 rings (SSSR count). The van der Waals surface area contributed by atoms with E-state index in [1.54, 1.807) is 17.1 Å². The molecule has 0 N–H and O–H groups in total. The van der Waals surface area contributed by atoms with E-state index in [1.807, 2.05) is 30.3 Å². The molecular formula is C14H16N2O. The van der Waals surface area contributed by atoms with Crippen molar-refractivity contribution in [3.63, 3.8) is 0 Å². The van der Waals surface area contributed by atoms with Gasteiger partial charge in [0.05, 0.1) is 0 Å². The molecule has 0 saturated heterocycles. The molecule has 88 valence electrons. The number of hydrogen-bond donors (Lipinski definition) is 0. The van der Waals surface area contributed by atoms with Crippen molar-refractivity contribution in [3.8, 4) is 0 Å². The molecule has 0 radical (unpaired) electrons. The predicted molar refractivity (Wildman–Crippen MR) is 67.1 cm³/mol. The van der Waals surface area contributed by atoms with Gasteiger partial charge in [0.2, 0.25) is 0 Å². The molecule has 0 aliphatic rings. The van der Waals surface area contributed by atoms with Crippen LogP contribution in [0.1, 0.15) is 35.7 Å². The van der Waals surface area contributed by atoms with Crippen molar-refractivity contribution in [2.45, 2.75) is 26.3 Å². The zero-order valence-electron chi connectivity index (χ0n) is 10.1. The number of nitrogens with zero attached hydrogens (tertiary/aromatic N) is 2. The lowest BCUT2D eigenvalue weighted by atomic mass is 10.0. The Labute approximate surface area is 101 Å². The first-order chi connectivity index (χ1) is 8.16. The van der Waals surface area contributed by atoms with Gasteiger partial charge < -0.3 is 0 Å². The van der Waals surface area contributed by atoms with E-state index in [0.717, 1.165) is 5.56 Å². The number of aromatic nitrogens is 2. The van der Waals surface area contributed by atoms with Crippen LogP contribution in [0.4, 0.5) is 0 Å². The normalized spacial score (nSPS) is 10.8. The summed E-state index contributed by atoms with van der Waals surface area (Å²) in [5, 5.41) is 4.02. The van der Waals surface area contributed by atoms with Crippen molar-refractivity contribution in [2.75, 3.05) is 0 Å². The summed E-state index contributed by atoms with van der Waals surface area (Å²) < 4.78 is 1.64. The van der Waals surface area contributed by atoms with Crippen LogP contribution in [0.15, 0.2) is 42.7 Å². The highest BCUT2D eigenvalue weighted by molar-refractivity contribution is 5.95. The van der Waals surface area contributed by atoms with Gasteiger partial charge in [-0.05, 0) is 17.5 Å². The van der Waals surface area contributed by atoms with Crippen molar-refractivity contribution in [3.05, 3.63) is 53.9 Å². The molecule has 0 saturated carbocycles. The third-order valence-corrected chi connectivity index (χ3v) is 2.76. The van der Waals surface area contributed by atoms with E-state index in [9.17, 15) is 4.79 Å². The maximum Gasteiger partial charge on any atom is 0.184 e. The lowest BCUT2D eigenvalue weighted by Gasteiger charge is -2.06. The highest BCUT2D eigenvalue weighted by Gasteiger charge is 2.07. The van der Waals surface area contributed by atoms with Crippen LogP contribution < -0.4 is 0 Å². The largest absolute Gasteiger partial charge is 0.292 e. The first-order valence-electron chi connectivity index (χ1n) is 5.77. The minimum atomic E-state index is 0.0870. The Bertz CT molecular complexity index is 483. The molecule has 3 heteroatoms. The smallest absolute Gasteiger partial charge is 0.184 e. The molecule has 0 spiro atoms. The van der Waals surface area contributed by atoms with Crippen molar-refractivity contribution in [2.24, 2.45) is 0 Å². The standard InChI is InChI=1S/C14H16N2O/c1-11(2)12-4-6-13(7-5-12)14(17)10-16-9-3-8-15-16/h3-9,11H,10H2,1-2H3. The summed E-state index contributed by atoms with van der Waals surface area (Å²) in [6.45, 7) is 4.58. The van der Waals surface area contributed by atoms with Crippen molar-refractivity contribution in [1.82, 2.24) is 9.78 Å². The first-order valence-corrected chi connectivity index (χ1v) is 5.77. The van der Waals surface area contributed by atoms with Crippen molar-refractivity contribution < 1.29 is 4.79 Å². The average Bonchev–Trinajstić information content (AvgIpc) is 2.82. The predicted octanol–water partition coefficient (Wildman–Crippen LogP) is 2.89. The number of benzene rings is 1. The Morgan fingerprint density at radius 1 is 1.29 bits per heavy atom. The van der Waals surface area contributed by atoms with Crippen LogP contribution in [0, 0.1) is 0 Å². The van der Waals surface area contributed by atoms with Crippen LogP contribution in [0.5, 0.6) is 0 Å². The number of Topliss-reactive ketones (excluding diaryl/α,β-unsaturated/α-hetero) is 1. The third-order valence-electron chi connectivity index (χ3n) is 2.76. The van der Waals surface area contributed by atoms with Crippen LogP contribution in [0.25, 0.3) is 0 Å². The molecule has 1 heterocycles. The van der Waals surface area contributed by atoms with Gasteiger partial charge >= 0.3 is 0 Å². The average molecular weight is 228 g/mol. The van der Waals surface area contributed by atoms with Crippen molar-refractivity contribution in [1.29, 1.82) is 0 Å². The van der Waals surface area contributed by atoms with E-state index in [4.69, 9.17) is 0 Å². The van der Waals surface area contributed by atoms with Crippen LogP contribution >= 0.6 is 0 Å².